The van der Waals surface area contributed by atoms with Crippen LogP contribution in [0.4, 0.5) is 16.5 Å². The number of phenolic OH excluding ortho intramolecular Hbond substituents is 1. The van der Waals surface area contributed by atoms with E-state index in [0.717, 1.165) is 10.8 Å². The standard InChI is InChI=1S/C19H14N4O3S2/c24-17-10-5-13-3-1-2-4-16(13)18(17)22-21-14-6-8-15(9-7-14)28(25,26)23-19-20-11-12-27-19/h1-12,24H,(H,20,23). The molecule has 9 heteroatoms. The monoisotopic (exact) mass is 410 g/mol. The molecule has 0 atom stereocenters. The summed E-state index contributed by atoms with van der Waals surface area (Å²) in [5.74, 6) is 0.0225. The molecule has 0 aliphatic carbocycles. The summed E-state index contributed by atoms with van der Waals surface area (Å²) in [6, 6.07) is 16.9. The summed E-state index contributed by atoms with van der Waals surface area (Å²) < 4.78 is 27.1. The van der Waals surface area contributed by atoms with Crippen LogP contribution in [-0.4, -0.2) is 18.5 Å². The number of azo groups is 1. The number of hydrogen-bond acceptors (Lipinski definition) is 7. The maximum atomic E-state index is 12.3. The van der Waals surface area contributed by atoms with E-state index in [1.54, 1.807) is 29.6 Å². The van der Waals surface area contributed by atoms with Crippen LogP contribution in [0.25, 0.3) is 10.8 Å². The van der Waals surface area contributed by atoms with Crippen molar-refractivity contribution in [1.29, 1.82) is 0 Å². The Morgan fingerprint density at radius 3 is 2.50 bits per heavy atom. The number of benzene rings is 3. The van der Waals surface area contributed by atoms with Gasteiger partial charge < -0.3 is 5.11 Å². The maximum absolute atomic E-state index is 12.3. The summed E-state index contributed by atoms with van der Waals surface area (Å²) in [5, 5.41) is 22.1. The van der Waals surface area contributed by atoms with Crippen LogP contribution >= 0.6 is 11.3 Å². The van der Waals surface area contributed by atoms with Gasteiger partial charge in [-0.25, -0.2) is 13.4 Å². The highest BCUT2D eigenvalue weighted by molar-refractivity contribution is 7.93. The van der Waals surface area contributed by atoms with E-state index in [2.05, 4.69) is 19.9 Å². The molecule has 0 saturated heterocycles. The average Bonchev–Trinajstić information content (AvgIpc) is 3.20. The van der Waals surface area contributed by atoms with Crippen LogP contribution in [0.1, 0.15) is 0 Å². The molecule has 0 spiro atoms. The summed E-state index contributed by atoms with van der Waals surface area (Å²) in [4.78, 5) is 4.00. The quantitative estimate of drug-likeness (QED) is 0.440. The van der Waals surface area contributed by atoms with E-state index in [4.69, 9.17) is 0 Å². The molecule has 28 heavy (non-hydrogen) atoms. The fraction of sp³-hybridized carbons (Fsp3) is 0. The summed E-state index contributed by atoms with van der Waals surface area (Å²) in [6.07, 6.45) is 1.52. The second-order valence-electron chi connectivity index (χ2n) is 5.79. The Balaban J connectivity index is 1.60. The van der Waals surface area contributed by atoms with Crippen LogP contribution in [0.15, 0.2) is 87.4 Å². The molecule has 0 radical (unpaired) electrons. The van der Waals surface area contributed by atoms with Crippen molar-refractivity contribution >= 4 is 48.6 Å². The maximum Gasteiger partial charge on any atom is 0.263 e. The number of rotatable bonds is 5. The molecule has 7 nitrogen and oxygen atoms in total. The molecule has 0 amide bonds. The third-order valence-corrected chi connectivity index (χ3v) is 6.12. The van der Waals surface area contributed by atoms with Gasteiger partial charge in [0, 0.05) is 17.0 Å². The van der Waals surface area contributed by atoms with E-state index in [1.807, 2.05) is 24.3 Å². The van der Waals surface area contributed by atoms with Gasteiger partial charge in [0.15, 0.2) is 5.13 Å². The first-order chi connectivity index (χ1) is 13.5. The fourth-order valence-corrected chi connectivity index (χ4v) is 4.38. The van der Waals surface area contributed by atoms with Crippen molar-refractivity contribution in [3.8, 4) is 5.75 Å². The van der Waals surface area contributed by atoms with E-state index >= 15 is 0 Å². The first-order valence-electron chi connectivity index (χ1n) is 8.18. The van der Waals surface area contributed by atoms with Gasteiger partial charge in [-0.3, -0.25) is 4.72 Å². The van der Waals surface area contributed by atoms with E-state index in [1.165, 1.54) is 29.7 Å². The second kappa shape index (κ2) is 7.37. The number of anilines is 1. The molecule has 0 saturated carbocycles. The van der Waals surface area contributed by atoms with Gasteiger partial charge in [-0.05, 0) is 35.7 Å². The molecule has 0 bridgehead atoms. The Hall–Kier alpha value is -3.30. The predicted octanol–water partition coefficient (Wildman–Crippen LogP) is 5.22. The van der Waals surface area contributed by atoms with Crippen LogP contribution < -0.4 is 4.72 Å². The highest BCUT2D eigenvalue weighted by atomic mass is 32.2. The number of nitrogens with one attached hydrogen (secondary N) is 1. The summed E-state index contributed by atoms with van der Waals surface area (Å²) >= 11 is 1.20. The zero-order chi connectivity index (χ0) is 19.6. The van der Waals surface area contributed by atoms with Crippen LogP contribution in [0.5, 0.6) is 5.75 Å². The first-order valence-corrected chi connectivity index (χ1v) is 10.5. The number of fused-ring (bicyclic) bond motifs is 1. The first kappa shape index (κ1) is 18.1. The average molecular weight is 410 g/mol. The van der Waals surface area contributed by atoms with Gasteiger partial charge in [0.05, 0.1) is 10.6 Å². The number of hydrogen-bond donors (Lipinski definition) is 2. The molecule has 0 unspecified atom stereocenters. The summed E-state index contributed by atoms with van der Waals surface area (Å²) in [7, 11) is -3.72. The Labute approximate surface area is 165 Å². The minimum absolute atomic E-state index is 0.0225. The van der Waals surface area contributed by atoms with Gasteiger partial charge in [-0.2, -0.15) is 5.11 Å². The molecule has 0 aliphatic heterocycles. The number of nitrogens with zero attached hydrogens (tertiary/aromatic N) is 3. The van der Waals surface area contributed by atoms with Crippen molar-refractivity contribution in [3.63, 3.8) is 0 Å². The van der Waals surface area contributed by atoms with Gasteiger partial charge in [-0.15, -0.1) is 16.5 Å². The Kier molecular flexibility index (Phi) is 4.76. The number of sulfonamides is 1. The van der Waals surface area contributed by atoms with Gasteiger partial charge in [0.25, 0.3) is 10.0 Å². The van der Waals surface area contributed by atoms with Crippen molar-refractivity contribution in [2.75, 3.05) is 4.72 Å². The van der Waals surface area contributed by atoms with Crippen LogP contribution in [0.2, 0.25) is 0 Å². The fourth-order valence-electron chi connectivity index (χ4n) is 2.60. The molecule has 0 fully saturated rings. The van der Waals surface area contributed by atoms with Gasteiger partial charge in [-0.1, -0.05) is 30.3 Å². The van der Waals surface area contributed by atoms with Crippen molar-refractivity contribution < 1.29 is 13.5 Å². The van der Waals surface area contributed by atoms with Crippen LogP contribution in [-0.2, 0) is 10.0 Å². The smallest absolute Gasteiger partial charge is 0.263 e. The van der Waals surface area contributed by atoms with Crippen LogP contribution in [0.3, 0.4) is 0 Å². The molecular weight excluding hydrogens is 396 g/mol. The minimum atomic E-state index is -3.72. The lowest BCUT2D eigenvalue weighted by atomic mass is 10.1. The topological polar surface area (TPSA) is 104 Å². The number of thiazole rings is 1. The normalized spacial score (nSPS) is 11.9. The zero-order valence-corrected chi connectivity index (χ0v) is 16.0. The zero-order valence-electron chi connectivity index (χ0n) is 14.4. The van der Waals surface area contributed by atoms with Gasteiger partial charge >= 0.3 is 0 Å². The van der Waals surface area contributed by atoms with Crippen molar-refractivity contribution in [1.82, 2.24) is 4.98 Å². The van der Waals surface area contributed by atoms with Gasteiger partial charge in [0.1, 0.15) is 11.4 Å². The van der Waals surface area contributed by atoms with E-state index in [0.29, 0.717) is 16.5 Å². The largest absolute Gasteiger partial charge is 0.506 e. The molecule has 4 rings (SSSR count). The summed E-state index contributed by atoms with van der Waals surface area (Å²) in [5.41, 5.74) is 0.820. The predicted molar refractivity (Wildman–Crippen MR) is 109 cm³/mol. The third-order valence-electron chi connectivity index (χ3n) is 3.95. The lowest BCUT2D eigenvalue weighted by Gasteiger charge is -2.05. The number of phenols is 1. The Morgan fingerprint density at radius 2 is 1.75 bits per heavy atom. The Morgan fingerprint density at radius 1 is 0.964 bits per heavy atom. The van der Waals surface area contributed by atoms with Crippen LogP contribution in [0, 0.1) is 0 Å². The van der Waals surface area contributed by atoms with E-state index in [-0.39, 0.29) is 10.6 Å². The minimum Gasteiger partial charge on any atom is -0.506 e. The van der Waals surface area contributed by atoms with E-state index < -0.39 is 10.0 Å². The lowest BCUT2D eigenvalue weighted by Crippen LogP contribution is -2.12. The molecular formula is C19H14N4O3S2. The molecule has 1 aromatic heterocycles. The molecule has 0 aliphatic rings. The highest BCUT2D eigenvalue weighted by Gasteiger charge is 2.15. The molecule has 140 valence electrons. The molecule has 2 N–H and O–H groups in total. The SMILES string of the molecule is O=S(=O)(Nc1nccs1)c1ccc(N=Nc2c(O)ccc3ccccc23)cc1. The van der Waals surface area contributed by atoms with Gasteiger partial charge in [0.2, 0.25) is 0 Å². The number of aromatic hydroxyl groups is 1. The second-order valence-corrected chi connectivity index (χ2v) is 8.37. The van der Waals surface area contributed by atoms with Crippen molar-refractivity contribution in [2.45, 2.75) is 4.90 Å². The molecule has 4 aromatic rings. The molecule has 1 heterocycles. The Bertz CT molecular complexity index is 1250. The lowest BCUT2D eigenvalue weighted by molar-refractivity contribution is 0.477. The van der Waals surface area contributed by atoms with Crippen molar-refractivity contribution in [3.05, 3.63) is 72.2 Å². The molecule has 3 aromatic carbocycles. The number of aromatic nitrogens is 1. The van der Waals surface area contributed by atoms with E-state index in [9.17, 15) is 13.5 Å². The highest BCUT2D eigenvalue weighted by Crippen LogP contribution is 2.36. The third kappa shape index (κ3) is 3.71. The van der Waals surface area contributed by atoms with Crippen molar-refractivity contribution in [2.24, 2.45) is 10.2 Å². The summed E-state index contributed by atoms with van der Waals surface area (Å²) in [6.45, 7) is 0.